The van der Waals surface area contributed by atoms with Crippen molar-refractivity contribution in [3.63, 3.8) is 0 Å². The summed E-state index contributed by atoms with van der Waals surface area (Å²) in [5.41, 5.74) is 2.77. The average Bonchev–Trinajstić information content (AvgIpc) is 3.48. The van der Waals surface area contributed by atoms with E-state index >= 15 is 8.78 Å². The Labute approximate surface area is 210 Å². The first kappa shape index (κ1) is 22.2. The van der Waals surface area contributed by atoms with Gasteiger partial charge in [-0.15, -0.1) is 0 Å². The molecule has 0 spiro atoms. The predicted octanol–water partition coefficient (Wildman–Crippen LogP) is 5.21. The first-order valence-electron chi connectivity index (χ1n) is 12.3. The van der Waals surface area contributed by atoms with E-state index in [1.54, 1.807) is 42.5 Å². The van der Waals surface area contributed by atoms with E-state index in [0.29, 0.717) is 72.9 Å². The topological polar surface area (TPSA) is 85.0 Å². The van der Waals surface area contributed by atoms with Crippen molar-refractivity contribution in [1.29, 1.82) is 0 Å². The van der Waals surface area contributed by atoms with Crippen LogP contribution in [-0.4, -0.2) is 47.3 Å². The third-order valence-corrected chi connectivity index (χ3v) is 7.57. The summed E-state index contributed by atoms with van der Waals surface area (Å²) in [5.74, 6) is -1.04. The van der Waals surface area contributed by atoms with Crippen molar-refractivity contribution in [2.45, 2.75) is 18.9 Å². The minimum atomic E-state index is -0.808. The normalized spacial score (nSPS) is 19.1. The zero-order valence-electron chi connectivity index (χ0n) is 19.7. The second-order valence-corrected chi connectivity index (χ2v) is 9.69. The van der Waals surface area contributed by atoms with Crippen LogP contribution >= 0.6 is 0 Å². The monoisotopic (exact) mass is 504 g/mol. The second kappa shape index (κ2) is 8.27. The summed E-state index contributed by atoms with van der Waals surface area (Å²) < 4.78 is 48.2. The SMILES string of the molecule is O=C(O)C1CN([C@H]2CCc3c2cc2nc(-c4cccc(-c5ccc6c(c5)OCCO6)c4F)oc2c3F)C1. The molecule has 4 aromatic rings. The van der Waals surface area contributed by atoms with E-state index in [2.05, 4.69) is 9.88 Å². The maximum Gasteiger partial charge on any atom is 0.309 e. The highest BCUT2D eigenvalue weighted by atomic mass is 19.1. The average molecular weight is 504 g/mol. The lowest BCUT2D eigenvalue weighted by molar-refractivity contribution is -0.148. The number of likely N-dealkylation sites (tertiary alicyclic amines) is 1. The number of rotatable bonds is 4. The van der Waals surface area contributed by atoms with Crippen LogP contribution < -0.4 is 9.47 Å². The lowest BCUT2D eigenvalue weighted by Crippen LogP contribution is -2.51. The Bertz CT molecular complexity index is 1580. The number of halogens is 2. The molecule has 3 heterocycles. The number of aliphatic carboxylic acids is 1. The van der Waals surface area contributed by atoms with Crippen LogP contribution in [0.1, 0.15) is 23.6 Å². The van der Waals surface area contributed by atoms with E-state index in [4.69, 9.17) is 13.9 Å². The molecule has 7 nitrogen and oxygen atoms in total. The van der Waals surface area contributed by atoms with Gasteiger partial charge in [0.05, 0.1) is 11.5 Å². The molecule has 0 bridgehead atoms. The fraction of sp³-hybridized carbons (Fsp3) is 0.286. The van der Waals surface area contributed by atoms with Crippen molar-refractivity contribution in [2.75, 3.05) is 26.3 Å². The molecule has 1 aromatic heterocycles. The molecule has 1 aliphatic carbocycles. The third kappa shape index (κ3) is 3.48. The van der Waals surface area contributed by atoms with Gasteiger partial charge in [-0.25, -0.2) is 13.8 Å². The fourth-order valence-electron chi connectivity index (χ4n) is 5.62. The number of hydrogen-bond donors (Lipinski definition) is 1. The van der Waals surface area contributed by atoms with Crippen molar-refractivity contribution in [2.24, 2.45) is 5.92 Å². The predicted molar refractivity (Wildman–Crippen MR) is 130 cm³/mol. The Morgan fingerprint density at radius 2 is 1.78 bits per heavy atom. The standard InChI is InChI=1S/C28H22F2N2O5/c29-24-16(14-4-7-22-23(10-14)36-9-8-35-22)2-1-3-18(24)27-31-20-11-19-17(25(30)26(20)37-27)5-6-21(19)32-12-15(13-32)28(33)34/h1-4,7,10-11,15,21H,5-6,8-9,12-13H2,(H,33,34)/t21-/m0/s1. The molecule has 0 radical (unpaired) electrons. The minimum absolute atomic E-state index is 0.000841. The molecule has 37 heavy (non-hydrogen) atoms. The molecule has 188 valence electrons. The van der Waals surface area contributed by atoms with Gasteiger partial charge in [-0.2, -0.15) is 0 Å². The van der Waals surface area contributed by atoms with Gasteiger partial charge < -0.3 is 19.0 Å². The molecule has 7 rings (SSSR count). The van der Waals surface area contributed by atoms with Gasteiger partial charge in [0.25, 0.3) is 0 Å². The molecule has 1 fully saturated rings. The largest absolute Gasteiger partial charge is 0.486 e. The zero-order valence-corrected chi connectivity index (χ0v) is 19.7. The number of carboxylic acids is 1. The molecular weight excluding hydrogens is 482 g/mol. The van der Waals surface area contributed by atoms with Crippen LogP contribution in [0.15, 0.2) is 46.9 Å². The number of benzene rings is 3. The Hall–Kier alpha value is -3.98. The number of aromatic nitrogens is 1. The summed E-state index contributed by atoms with van der Waals surface area (Å²) in [7, 11) is 0. The van der Waals surface area contributed by atoms with Gasteiger partial charge in [0, 0.05) is 24.7 Å². The minimum Gasteiger partial charge on any atom is -0.486 e. The van der Waals surface area contributed by atoms with E-state index in [-0.39, 0.29) is 29.0 Å². The summed E-state index contributed by atoms with van der Waals surface area (Å²) in [6, 6.07) is 11.9. The summed E-state index contributed by atoms with van der Waals surface area (Å²) in [5, 5.41) is 9.20. The molecule has 3 aromatic carbocycles. The molecule has 1 saturated heterocycles. The zero-order chi connectivity index (χ0) is 25.3. The molecule has 9 heteroatoms. The summed E-state index contributed by atoms with van der Waals surface area (Å²) in [6.45, 7) is 1.79. The number of ether oxygens (including phenoxy) is 2. The van der Waals surface area contributed by atoms with E-state index in [1.165, 1.54) is 0 Å². The van der Waals surface area contributed by atoms with E-state index in [0.717, 1.165) is 5.56 Å². The molecule has 1 atom stereocenters. The van der Waals surface area contributed by atoms with Gasteiger partial charge in [-0.05, 0) is 53.8 Å². The Kier molecular flexibility index (Phi) is 4.97. The molecule has 3 aliphatic rings. The first-order chi connectivity index (χ1) is 18.0. The fourth-order valence-corrected chi connectivity index (χ4v) is 5.62. The van der Waals surface area contributed by atoms with Crippen LogP contribution in [0.4, 0.5) is 8.78 Å². The lowest BCUT2D eigenvalue weighted by Gasteiger charge is -2.41. The van der Waals surface area contributed by atoms with E-state index in [9.17, 15) is 9.90 Å². The number of fused-ring (bicyclic) bond motifs is 3. The number of carbonyl (C=O) groups is 1. The number of carboxylic acid groups (broad SMARTS) is 1. The summed E-state index contributed by atoms with van der Waals surface area (Å²) in [4.78, 5) is 17.7. The van der Waals surface area contributed by atoms with Crippen LogP contribution in [0, 0.1) is 17.6 Å². The molecule has 0 amide bonds. The van der Waals surface area contributed by atoms with E-state index in [1.807, 2.05) is 0 Å². The van der Waals surface area contributed by atoms with Gasteiger partial charge in [0.2, 0.25) is 5.89 Å². The van der Waals surface area contributed by atoms with Gasteiger partial charge in [-0.1, -0.05) is 18.2 Å². The molecular formula is C28H22F2N2O5. The van der Waals surface area contributed by atoms with Crippen molar-refractivity contribution < 1.29 is 32.6 Å². The Morgan fingerprint density at radius 1 is 1.00 bits per heavy atom. The van der Waals surface area contributed by atoms with Crippen LogP contribution in [-0.2, 0) is 11.2 Å². The highest BCUT2D eigenvalue weighted by Crippen LogP contribution is 2.44. The molecule has 0 unspecified atom stereocenters. The van der Waals surface area contributed by atoms with Crippen LogP contribution in [0.5, 0.6) is 11.5 Å². The van der Waals surface area contributed by atoms with Crippen molar-refractivity contribution in [3.05, 3.63) is 65.2 Å². The molecule has 1 N–H and O–H groups in total. The van der Waals surface area contributed by atoms with Crippen molar-refractivity contribution in [1.82, 2.24) is 9.88 Å². The molecule has 2 aliphatic heterocycles. The first-order valence-corrected chi connectivity index (χ1v) is 12.3. The van der Waals surface area contributed by atoms with E-state index < -0.39 is 17.6 Å². The van der Waals surface area contributed by atoms with Gasteiger partial charge in [0.1, 0.15) is 24.5 Å². The number of nitrogens with zero attached hydrogens (tertiary/aromatic N) is 2. The summed E-state index contributed by atoms with van der Waals surface area (Å²) in [6.07, 6.45) is 1.24. The van der Waals surface area contributed by atoms with Crippen LogP contribution in [0.2, 0.25) is 0 Å². The lowest BCUT2D eigenvalue weighted by atomic mass is 9.95. The second-order valence-electron chi connectivity index (χ2n) is 9.69. The Morgan fingerprint density at radius 3 is 2.59 bits per heavy atom. The smallest absolute Gasteiger partial charge is 0.309 e. The van der Waals surface area contributed by atoms with Gasteiger partial charge in [0.15, 0.2) is 22.9 Å². The highest BCUT2D eigenvalue weighted by Gasteiger charge is 2.41. The quantitative estimate of drug-likeness (QED) is 0.408. The number of oxazole rings is 1. The van der Waals surface area contributed by atoms with Crippen LogP contribution in [0.25, 0.3) is 33.7 Å². The maximum absolute atomic E-state index is 15.7. The molecule has 0 saturated carbocycles. The van der Waals surface area contributed by atoms with Crippen molar-refractivity contribution >= 4 is 17.1 Å². The third-order valence-electron chi connectivity index (χ3n) is 7.57. The van der Waals surface area contributed by atoms with Crippen molar-refractivity contribution in [3.8, 4) is 34.1 Å². The number of hydrogen-bond acceptors (Lipinski definition) is 6. The van der Waals surface area contributed by atoms with Gasteiger partial charge in [-0.3, -0.25) is 9.69 Å². The van der Waals surface area contributed by atoms with Gasteiger partial charge >= 0.3 is 5.97 Å². The summed E-state index contributed by atoms with van der Waals surface area (Å²) >= 11 is 0. The Balaban J connectivity index is 1.25. The highest BCUT2D eigenvalue weighted by molar-refractivity contribution is 5.81. The van der Waals surface area contributed by atoms with Crippen LogP contribution in [0.3, 0.4) is 0 Å². The maximum atomic E-state index is 15.7.